The molecule has 14 heavy (non-hydrogen) atoms. The highest BCUT2D eigenvalue weighted by molar-refractivity contribution is 5.47. The monoisotopic (exact) mass is 189 g/mol. The van der Waals surface area contributed by atoms with Gasteiger partial charge in [0, 0.05) is 19.6 Å². The van der Waals surface area contributed by atoms with E-state index >= 15 is 0 Å². The van der Waals surface area contributed by atoms with E-state index in [0.29, 0.717) is 0 Å². The molecule has 1 aromatic rings. The topological polar surface area (TPSA) is 23.5 Å². The number of nitrogens with zero attached hydrogens (tertiary/aromatic N) is 1. The van der Waals surface area contributed by atoms with Gasteiger partial charge in [0.2, 0.25) is 0 Å². The van der Waals surface area contributed by atoms with E-state index in [9.17, 15) is 0 Å². The van der Waals surface area contributed by atoms with Crippen molar-refractivity contribution in [2.75, 3.05) is 13.1 Å². The quantitative estimate of drug-likeness (QED) is 0.779. The van der Waals surface area contributed by atoms with E-state index in [2.05, 4.69) is 35.7 Å². The first-order valence-corrected chi connectivity index (χ1v) is 4.90. The minimum Gasteiger partial charge on any atom is -0.390 e. The van der Waals surface area contributed by atoms with Gasteiger partial charge in [-0.05, 0) is 11.1 Å². The second kappa shape index (κ2) is 3.95. The van der Waals surface area contributed by atoms with Gasteiger partial charge in [0.25, 0.3) is 0 Å². The summed E-state index contributed by atoms with van der Waals surface area (Å²) in [5.74, 6) is 0. The van der Waals surface area contributed by atoms with Gasteiger partial charge in [0.05, 0.1) is 6.10 Å². The highest BCUT2D eigenvalue weighted by Crippen LogP contribution is 2.13. The third kappa shape index (κ3) is 2.03. The van der Waals surface area contributed by atoms with Crippen LogP contribution in [0.2, 0.25) is 0 Å². The van der Waals surface area contributed by atoms with Crippen LogP contribution in [0.3, 0.4) is 0 Å². The largest absolute Gasteiger partial charge is 0.390 e. The second-order valence-electron chi connectivity index (χ2n) is 3.79. The molecule has 1 aromatic carbocycles. The van der Waals surface area contributed by atoms with Crippen molar-refractivity contribution in [3.63, 3.8) is 0 Å². The van der Waals surface area contributed by atoms with Crippen LogP contribution < -0.4 is 0 Å². The fourth-order valence-corrected chi connectivity index (χ4v) is 1.69. The van der Waals surface area contributed by atoms with Crippen molar-refractivity contribution in [2.45, 2.75) is 12.6 Å². The van der Waals surface area contributed by atoms with Crippen LogP contribution in [0.5, 0.6) is 0 Å². The minimum absolute atomic E-state index is 0.109. The molecule has 0 saturated carbocycles. The standard InChI is InChI=1S/C12H15NO/c1-2-10-3-5-11(6-4-10)7-13-8-12(14)9-13/h2-6,12,14H,1,7-9H2. The number of rotatable bonds is 3. The van der Waals surface area contributed by atoms with Crippen LogP contribution >= 0.6 is 0 Å². The Balaban J connectivity index is 1.93. The molecule has 0 aromatic heterocycles. The van der Waals surface area contributed by atoms with Crippen LogP contribution in [0.4, 0.5) is 0 Å². The van der Waals surface area contributed by atoms with Crippen LogP contribution in [0.25, 0.3) is 6.08 Å². The van der Waals surface area contributed by atoms with E-state index in [0.717, 1.165) is 25.2 Å². The summed E-state index contributed by atoms with van der Waals surface area (Å²) in [4.78, 5) is 2.23. The predicted molar refractivity (Wildman–Crippen MR) is 57.8 cm³/mol. The Kier molecular flexibility index (Phi) is 2.66. The molecule has 0 bridgehead atoms. The summed E-state index contributed by atoms with van der Waals surface area (Å²) < 4.78 is 0. The molecule has 2 nitrogen and oxygen atoms in total. The molecule has 1 N–H and O–H groups in total. The molecule has 1 heterocycles. The highest BCUT2D eigenvalue weighted by atomic mass is 16.3. The van der Waals surface area contributed by atoms with Crippen molar-refractivity contribution < 1.29 is 5.11 Å². The molecule has 0 atom stereocenters. The molecular weight excluding hydrogens is 174 g/mol. The van der Waals surface area contributed by atoms with E-state index in [-0.39, 0.29) is 6.10 Å². The summed E-state index contributed by atoms with van der Waals surface area (Å²) in [6.45, 7) is 6.27. The summed E-state index contributed by atoms with van der Waals surface area (Å²) in [6.07, 6.45) is 1.74. The molecule has 0 spiro atoms. The van der Waals surface area contributed by atoms with E-state index in [1.807, 2.05) is 6.08 Å². The van der Waals surface area contributed by atoms with Crippen LogP contribution in [0, 0.1) is 0 Å². The van der Waals surface area contributed by atoms with Gasteiger partial charge in [-0.1, -0.05) is 36.9 Å². The zero-order chi connectivity index (χ0) is 9.97. The zero-order valence-corrected chi connectivity index (χ0v) is 8.19. The zero-order valence-electron chi connectivity index (χ0n) is 8.19. The smallest absolute Gasteiger partial charge is 0.0794 e. The number of aliphatic hydroxyl groups is 1. The molecule has 0 amide bonds. The van der Waals surface area contributed by atoms with Crippen LogP contribution in [-0.4, -0.2) is 29.2 Å². The Morgan fingerprint density at radius 2 is 2.00 bits per heavy atom. The van der Waals surface area contributed by atoms with E-state index in [1.54, 1.807) is 0 Å². The molecule has 2 rings (SSSR count). The van der Waals surface area contributed by atoms with Crippen molar-refractivity contribution >= 4 is 6.08 Å². The summed E-state index contributed by atoms with van der Waals surface area (Å²) in [6, 6.07) is 8.36. The number of benzene rings is 1. The molecule has 0 aliphatic carbocycles. The molecule has 1 aliphatic rings. The maximum atomic E-state index is 9.12. The van der Waals surface area contributed by atoms with Crippen LogP contribution in [0.15, 0.2) is 30.8 Å². The van der Waals surface area contributed by atoms with Gasteiger partial charge in [-0.3, -0.25) is 4.90 Å². The summed E-state index contributed by atoms with van der Waals surface area (Å²) >= 11 is 0. The Hall–Kier alpha value is -1.12. The number of aliphatic hydroxyl groups excluding tert-OH is 1. The van der Waals surface area contributed by atoms with E-state index in [1.165, 1.54) is 5.56 Å². The summed E-state index contributed by atoms with van der Waals surface area (Å²) in [7, 11) is 0. The van der Waals surface area contributed by atoms with Crippen molar-refractivity contribution in [3.8, 4) is 0 Å². The second-order valence-corrected chi connectivity index (χ2v) is 3.79. The minimum atomic E-state index is -0.109. The molecule has 74 valence electrons. The van der Waals surface area contributed by atoms with Crippen molar-refractivity contribution in [1.29, 1.82) is 0 Å². The van der Waals surface area contributed by atoms with E-state index < -0.39 is 0 Å². The lowest BCUT2D eigenvalue weighted by molar-refractivity contribution is -0.00286. The highest BCUT2D eigenvalue weighted by Gasteiger charge is 2.23. The average Bonchev–Trinajstić information content (AvgIpc) is 2.17. The third-order valence-electron chi connectivity index (χ3n) is 2.56. The Morgan fingerprint density at radius 1 is 1.36 bits per heavy atom. The first kappa shape index (κ1) is 9.44. The normalized spacial score (nSPS) is 17.8. The Labute approximate surface area is 84.5 Å². The van der Waals surface area contributed by atoms with Crippen molar-refractivity contribution in [3.05, 3.63) is 42.0 Å². The van der Waals surface area contributed by atoms with Gasteiger partial charge < -0.3 is 5.11 Å². The Bertz CT molecular complexity index is 312. The van der Waals surface area contributed by atoms with Crippen LogP contribution in [0.1, 0.15) is 11.1 Å². The van der Waals surface area contributed by atoms with Crippen molar-refractivity contribution in [2.24, 2.45) is 0 Å². The van der Waals surface area contributed by atoms with E-state index in [4.69, 9.17) is 5.11 Å². The lowest BCUT2D eigenvalue weighted by Crippen LogP contribution is -2.49. The maximum Gasteiger partial charge on any atom is 0.0794 e. The predicted octanol–water partition coefficient (Wildman–Crippen LogP) is 1.51. The lowest BCUT2D eigenvalue weighted by Gasteiger charge is -2.35. The number of likely N-dealkylation sites (tertiary alicyclic amines) is 1. The van der Waals surface area contributed by atoms with Gasteiger partial charge in [0.1, 0.15) is 0 Å². The molecule has 0 unspecified atom stereocenters. The molecular formula is C12H15NO. The molecule has 2 heteroatoms. The van der Waals surface area contributed by atoms with Gasteiger partial charge in [0.15, 0.2) is 0 Å². The van der Waals surface area contributed by atoms with Gasteiger partial charge in [-0.15, -0.1) is 0 Å². The fraction of sp³-hybridized carbons (Fsp3) is 0.333. The average molecular weight is 189 g/mol. The molecule has 0 radical (unpaired) electrons. The Morgan fingerprint density at radius 3 is 2.50 bits per heavy atom. The summed E-state index contributed by atoms with van der Waals surface area (Å²) in [5.41, 5.74) is 2.44. The summed E-state index contributed by atoms with van der Waals surface area (Å²) in [5, 5.41) is 9.12. The maximum absolute atomic E-state index is 9.12. The number of β-amino-alcohol motifs (C(OH)–C–C–N with tert-alkyl or cyclic N) is 1. The van der Waals surface area contributed by atoms with Crippen molar-refractivity contribution in [1.82, 2.24) is 4.90 Å². The number of hydrogen-bond donors (Lipinski definition) is 1. The first-order valence-electron chi connectivity index (χ1n) is 4.90. The van der Waals surface area contributed by atoms with Gasteiger partial charge in [-0.2, -0.15) is 0 Å². The number of hydrogen-bond acceptors (Lipinski definition) is 2. The first-order chi connectivity index (χ1) is 6.78. The molecule has 1 fully saturated rings. The molecule has 1 aliphatic heterocycles. The van der Waals surface area contributed by atoms with Crippen LogP contribution in [-0.2, 0) is 6.54 Å². The van der Waals surface area contributed by atoms with Gasteiger partial charge >= 0.3 is 0 Å². The fourth-order valence-electron chi connectivity index (χ4n) is 1.69. The molecule has 1 saturated heterocycles. The SMILES string of the molecule is C=Cc1ccc(CN2CC(O)C2)cc1. The lowest BCUT2D eigenvalue weighted by atomic mass is 10.1. The van der Waals surface area contributed by atoms with Gasteiger partial charge in [-0.25, -0.2) is 0 Å². The third-order valence-corrected chi connectivity index (χ3v) is 2.56.